The Balaban J connectivity index is 1.30. The number of benzene rings is 2. The second kappa shape index (κ2) is 9.69. The number of hydrogen-bond acceptors (Lipinski definition) is 3. The second-order valence-electron chi connectivity index (χ2n) is 10.1. The maximum atomic E-state index is 13.8. The predicted octanol–water partition coefficient (Wildman–Crippen LogP) is 7.02. The number of carbonyl (C=O) groups is 1. The van der Waals surface area contributed by atoms with Gasteiger partial charge in [-0.3, -0.25) is 9.69 Å². The normalized spacial score (nSPS) is 19.8. The molecule has 1 fully saturated rings. The van der Waals surface area contributed by atoms with Crippen molar-refractivity contribution < 1.29 is 9.21 Å². The molecule has 1 aliphatic heterocycles. The van der Waals surface area contributed by atoms with Crippen molar-refractivity contribution >= 4 is 22.3 Å². The van der Waals surface area contributed by atoms with Crippen molar-refractivity contribution in [3.05, 3.63) is 78.1 Å². The van der Waals surface area contributed by atoms with Crippen molar-refractivity contribution in [2.24, 2.45) is 5.92 Å². The summed E-state index contributed by atoms with van der Waals surface area (Å²) >= 11 is 0. The van der Waals surface area contributed by atoms with E-state index in [0.29, 0.717) is 5.78 Å². The van der Waals surface area contributed by atoms with Crippen molar-refractivity contribution in [1.82, 2.24) is 4.90 Å². The highest BCUT2D eigenvalue weighted by molar-refractivity contribution is 5.92. The van der Waals surface area contributed by atoms with E-state index in [9.17, 15) is 4.79 Å². The van der Waals surface area contributed by atoms with Gasteiger partial charge in [0.1, 0.15) is 11.4 Å². The van der Waals surface area contributed by atoms with Crippen LogP contribution < -0.4 is 0 Å². The molecule has 1 aliphatic carbocycles. The molecule has 0 N–H and O–H groups in total. The molecule has 1 aromatic heterocycles. The third-order valence-electron chi connectivity index (χ3n) is 7.98. The smallest absolute Gasteiger partial charge is 0.146 e. The highest BCUT2D eigenvalue weighted by Gasteiger charge is 2.39. The summed E-state index contributed by atoms with van der Waals surface area (Å²) in [4.78, 5) is 16.3. The Morgan fingerprint density at radius 2 is 1.85 bits per heavy atom. The first-order valence-corrected chi connectivity index (χ1v) is 12.6. The highest BCUT2D eigenvalue weighted by Crippen LogP contribution is 2.37. The number of nitrogens with zero attached hydrogens (tertiary/aromatic N) is 1. The number of hydrogen-bond donors (Lipinski definition) is 0. The molecule has 0 amide bonds. The van der Waals surface area contributed by atoms with Crippen LogP contribution in [0.2, 0.25) is 0 Å². The lowest BCUT2D eigenvalue weighted by Gasteiger charge is -2.36. The van der Waals surface area contributed by atoms with Crippen molar-refractivity contribution in [3.63, 3.8) is 0 Å². The Kier molecular flexibility index (Phi) is 6.50. The van der Waals surface area contributed by atoms with Crippen LogP contribution in [0.5, 0.6) is 0 Å². The summed E-state index contributed by atoms with van der Waals surface area (Å²) in [6, 6.07) is 18.9. The van der Waals surface area contributed by atoms with Crippen molar-refractivity contribution in [2.45, 2.75) is 57.3 Å². The van der Waals surface area contributed by atoms with E-state index in [4.69, 9.17) is 4.42 Å². The third-order valence-corrected chi connectivity index (χ3v) is 7.98. The summed E-state index contributed by atoms with van der Waals surface area (Å²) in [6.45, 7) is 5.08. The fourth-order valence-corrected chi connectivity index (χ4v) is 5.82. The number of ketones is 1. The number of para-hydroxylation sites is 1. The summed E-state index contributed by atoms with van der Waals surface area (Å²) < 4.78 is 5.76. The van der Waals surface area contributed by atoms with Gasteiger partial charge in [-0.1, -0.05) is 73.9 Å². The molecule has 0 radical (unpaired) electrons. The highest BCUT2D eigenvalue weighted by atomic mass is 16.3. The summed E-state index contributed by atoms with van der Waals surface area (Å²) in [6.07, 6.45) is 11.8. The maximum Gasteiger partial charge on any atom is 0.146 e. The average Bonchev–Trinajstić information content (AvgIpc) is 3.37. The van der Waals surface area contributed by atoms with Gasteiger partial charge in [0.15, 0.2) is 0 Å². The molecule has 0 bridgehead atoms. The van der Waals surface area contributed by atoms with Gasteiger partial charge in [0.2, 0.25) is 0 Å². The van der Waals surface area contributed by atoms with Crippen LogP contribution in [0.4, 0.5) is 0 Å². The van der Waals surface area contributed by atoms with Gasteiger partial charge in [-0.15, -0.1) is 0 Å². The Bertz CT molecular complexity index is 1120. The second-order valence-corrected chi connectivity index (χ2v) is 10.1. The van der Waals surface area contributed by atoms with Gasteiger partial charge in [0, 0.05) is 30.0 Å². The lowest BCUT2D eigenvalue weighted by Crippen LogP contribution is -2.42. The monoisotopic (exact) mass is 441 g/mol. The molecule has 1 unspecified atom stereocenters. The lowest BCUT2D eigenvalue weighted by atomic mass is 9.69. The van der Waals surface area contributed by atoms with Crippen LogP contribution in [-0.2, 0) is 10.2 Å². The minimum atomic E-state index is -0.410. The van der Waals surface area contributed by atoms with Crippen LogP contribution in [0, 0.1) is 5.92 Å². The lowest BCUT2D eigenvalue weighted by molar-refractivity contribution is -0.129. The van der Waals surface area contributed by atoms with Gasteiger partial charge in [-0.05, 0) is 56.4 Å². The largest absolute Gasteiger partial charge is 0.464 e. The van der Waals surface area contributed by atoms with E-state index in [1.54, 1.807) is 6.26 Å². The Labute approximate surface area is 197 Å². The quantitative estimate of drug-likeness (QED) is 0.395. The van der Waals surface area contributed by atoms with Gasteiger partial charge in [-0.25, -0.2) is 0 Å². The number of carbonyl (C=O) groups excluding carboxylic acids is 1. The van der Waals surface area contributed by atoms with Gasteiger partial charge in [0.25, 0.3) is 0 Å². The van der Waals surface area contributed by atoms with Crippen LogP contribution >= 0.6 is 0 Å². The minimum absolute atomic E-state index is 0.227. The van der Waals surface area contributed by atoms with Gasteiger partial charge in [-0.2, -0.15) is 0 Å². The first-order chi connectivity index (χ1) is 16.1. The van der Waals surface area contributed by atoms with Crippen molar-refractivity contribution in [2.75, 3.05) is 19.6 Å². The van der Waals surface area contributed by atoms with Crippen LogP contribution in [0.15, 0.2) is 71.4 Å². The summed E-state index contributed by atoms with van der Waals surface area (Å²) in [5, 5.41) is 1.16. The molecule has 172 valence electrons. The molecule has 0 saturated heterocycles. The fraction of sp³-hybridized carbons (Fsp3) is 0.433. The number of fused-ring (bicyclic) bond motifs is 1. The average molecular weight is 442 g/mol. The zero-order valence-corrected chi connectivity index (χ0v) is 19.8. The number of furan rings is 1. The summed E-state index contributed by atoms with van der Waals surface area (Å²) in [5.41, 5.74) is 4.35. The molecular weight excluding hydrogens is 406 g/mol. The fourth-order valence-electron chi connectivity index (χ4n) is 5.82. The Morgan fingerprint density at radius 3 is 2.61 bits per heavy atom. The Hall–Kier alpha value is -2.65. The first-order valence-electron chi connectivity index (χ1n) is 12.6. The SMILES string of the molecule is CC(CCN1CC=C(c2cccc3ccoc23)CC1)(C(=O)C1CCCCC1)c1ccccc1. The van der Waals surface area contributed by atoms with Gasteiger partial charge in [0.05, 0.1) is 11.7 Å². The molecule has 33 heavy (non-hydrogen) atoms. The molecule has 5 rings (SSSR count). The van der Waals surface area contributed by atoms with E-state index >= 15 is 0 Å². The van der Waals surface area contributed by atoms with Gasteiger partial charge < -0.3 is 4.42 Å². The molecular formula is C30H35NO2. The van der Waals surface area contributed by atoms with E-state index in [-0.39, 0.29) is 5.92 Å². The summed E-state index contributed by atoms with van der Waals surface area (Å²) in [5.74, 6) is 0.691. The number of rotatable bonds is 7. The predicted molar refractivity (Wildman–Crippen MR) is 135 cm³/mol. The van der Waals surface area contributed by atoms with Crippen LogP contribution in [0.3, 0.4) is 0 Å². The molecule has 2 heterocycles. The molecule has 2 aromatic carbocycles. The van der Waals surface area contributed by atoms with E-state index in [2.05, 4.69) is 60.4 Å². The van der Waals surface area contributed by atoms with Crippen molar-refractivity contribution in [3.8, 4) is 0 Å². The van der Waals surface area contributed by atoms with E-state index in [1.165, 1.54) is 36.0 Å². The van der Waals surface area contributed by atoms with E-state index in [0.717, 1.165) is 56.3 Å². The van der Waals surface area contributed by atoms with Crippen LogP contribution in [-0.4, -0.2) is 30.3 Å². The molecule has 1 saturated carbocycles. The zero-order chi connectivity index (χ0) is 22.7. The summed E-state index contributed by atoms with van der Waals surface area (Å²) in [7, 11) is 0. The molecule has 2 aliphatic rings. The molecule has 3 nitrogen and oxygen atoms in total. The van der Waals surface area contributed by atoms with E-state index in [1.807, 2.05) is 12.1 Å². The molecule has 0 spiro atoms. The zero-order valence-electron chi connectivity index (χ0n) is 19.8. The van der Waals surface area contributed by atoms with Crippen LogP contribution in [0.25, 0.3) is 16.5 Å². The maximum absolute atomic E-state index is 13.8. The minimum Gasteiger partial charge on any atom is -0.464 e. The molecule has 3 aromatic rings. The van der Waals surface area contributed by atoms with E-state index < -0.39 is 5.41 Å². The molecule has 1 atom stereocenters. The number of Topliss-reactive ketones (excluding diaryl/α,β-unsaturated/α-hetero) is 1. The topological polar surface area (TPSA) is 33.5 Å². The molecule has 3 heteroatoms. The van der Waals surface area contributed by atoms with Crippen LogP contribution in [0.1, 0.15) is 63.0 Å². The van der Waals surface area contributed by atoms with Gasteiger partial charge >= 0.3 is 0 Å². The standard InChI is InChI=1S/C30H35NO2/c1-30(26-12-6-3-7-13-26,29(32)25-9-4-2-5-10-25)18-21-31-19-15-23(16-20-31)27-14-8-11-24-17-22-33-28(24)27/h3,6-8,11-15,17,22,25H,2,4-5,9-10,16,18-21H2,1H3. The Morgan fingerprint density at radius 1 is 1.03 bits per heavy atom. The first kappa shape index (κ1) is 22.2. The van der Waals surface area contributed by atoms with Crippen molar-refractivity contribution in [1.29, 1.82) is 0 Å². The third kappa shape index (κ3) is 4.56.